The summed E-state index contributed by atoms with van der Waals surface area (Å²) in [4.78, 5) is 135. The Bertz CT molecular complexity index is 2700. The number of rotatable bonds is 23. The van der Waals surface area contributed by atoms with Crippen molar-refractivity contribution >= 4 is 81.1 Å². The first-order chi connectivity index (χ1) is 43.6. The monoisotopic (exact) mass is 1310 g/mol. The highest BCUT2D eigenvalue weighted by Gasteiger charge is 2.70. The molecule has 12 rings (SSSR count). The molecule has 2 aromatic carbocycles. The summed E-state index contributed by atoms with van der Waals surface area (Å²) in [6.07, 6.45) is 18.6. The van der Waals surface area contributed by atoms with Crippen LogP contribution in [0.15, 0.2) is 60.7 Å². The summed E-state index contributed by atoms with van der Waals surface area (Å²) in [6.45, 7) is 15.5. The first kappa shape index (κ1) is 71.9. The van der Waals surface area contributed by atoms with Crippen LogP contribution < -0.4 is 10.6 Å². The zero-order valence-corrected chi connectivity index (χ0v) is 56.2. The van der Waals surface area contributed by atoms with Gasteiger partial charge >= 0.3 is 24.0 Å². The van der Waals surface area contributed by atoms with Gasteiger partial charge in [-0.1, -0.05) is 84.2 Å². The van der Waals surface area contributed by atoms with Crippen LogP contribution >= 0.6 is 23.5 Å². The number of carbonyl (C=O) groups excluding carboxylic acids is 8. The fraction of sp³-hybridized carbons (Fsp3) is 0.676. The number of hydrogen-bond donors (Lipinski definition) is 6. The first-order valence-corrected chi connectivity index (χ1v) is 35.0. The number of carboxylic acid groups (broad SMARTS) is 2. The number of hydrogen-bond acceptors (Lipinski definition) is 16. The molecule has 0 spiro atoms. The molecule has 506 valence electrons. The lowest BCUT2D eigenvalue weighted by Gasteiger charge is -2.57. The van der Waals surface area contributed by atoms with E-state index >= 15 is 0 Å². The van der Waals surface area contributed by atoms with E-state index in [0.29, 0.717) is 74.7 Å². The SMILES string of the molecule is CC(=O)SCCN(CCC12CC3CC(CC(C3)C1)C2)C(=O)N[C@@H](C)C(=O)N1CCN(C)CC1.CC(=O)SCCN(CCC12CC3CC(CC(C3)C1)C2)C(=O)N[C@@H](C)C(=O)N1CCN(C)CC1.O=C(O)C(O)(C(=O)c1ccccc1)C(O)(C(=O)O)C(=O)c1ccccc1. The number of amides is 6. The molecule has 8 saturated carbocycles. The van der Waals surface area contributed by atoms with Gasteiger partial charge < -0.3 is 60.5 Å². The summed E-state index contributed by atoms with van der Waals surface area (Å²) in [5.41, 5.74) is -7.87. The minimum atomic E-state index is -3.95. The van der Waals surface area contributed by atoms with Crippen molar-refractivity contribution in [3.8, 4) is 0 Å². The van der Waals surface area contributed by atoms with Crippen molar-refractivity contribution in [2.24, 2.45) is 46.3 Å². The molecule has 2 saturated heterocycles. The van der Waals surface area contributed by atoms with Crippen LogP contribution in [0, 0.1) is 46.3 Å². The summed E-state index contributed by atoms with van der Waals surface area (Å²) in [7, 11) is 4.13. The van der Waals surface area contributed by atoms with Gasteiger partial charge in [-0.25, -0.2) is 19.2 Å². The molecule has 22 nitrogen and oxygen atoms in total. The number of Topliss-reactive ketones (excluding diaryl/α,β-unsaturated/α-hetero) is 2. The topological polar surface area (TPSA) is 295 Å². The van der Waals surface area contributed by atoms with Crippen LogP contribution in [0.4, 0.5) is 9.59 Å². The molecular weight excluding hydrogens is 1220 g/mol. The van der Waals surface area contributed by atoms with Crippen LogP contribution in [-0.2, 0) is 28.8 Å². The van der Waals surface area contributed by atoms with Crippen LogP contribution in [0.25, 0.3) is 0 Å². The lowest BCUT2D eigenvalue weighted by molar-refractivity contribution is -0.187. The van der Waals surface area contributed by atoms with Crippen molar-refractivity contribution in [1.82, 2.24) is 40.0 Å². The van der Waals surface area contributed by atoms with Crippen molar-refractivity contribution in [3.63, 3.8) is 0 Å². The Kier molecular flexibility index (Phi) is 24.7. The summed E-state index contributed by atoms with van der Waals surface area (Å²) >= 11 is 2.54. The van der Waals surface area contributed by atoms with Crippen molar-refractivity contribution < 1.29 is 68.4 Å². The second kappa shape index (κ2) is 31.5. The van der Waals surface area contributed by atoms with Gasteiger partial charge in [-0.15, -0.1) is 0 Å². The standard InChI is InChI=1S/2C25H42N4O3S.C18H14O8/c2*1-18(23(31)28-8-6-27(3)7-9-28)26-24(32)29(10-11-33-19(2)30)5-4-25-15-20-12-21(16-25)14-22(13-20)17-25;19-13(11-7-3-1-4-8-11)17(25,15(21)22)18(26,16(23)24)14(20)12-9-5-2-6-10-12/h2*18,20-22H,4-17H2,1-3H3,(H,26,32);1-10,25-26H,(H,21,22)(H,23,24)/t2*18-,20?,21?,22?,25?;/m00./s1. The molecule has 8 aliphatic carbocycles. The van der Waals surface area contributed by atoms with E-state index < -0.39 is 57.9 Å². The first-order valence-electron chi connectivity index (χ1n) is 33.1. The molecule has 92 heavy (non-hydrogen) atoms. The minimum Gasteiger partial charge on any atom is -0.479 e. The van der Waals surface area contributed by atoms with Gasteiger partial charge in [0.2, 0.25) is 23.4 Å². The van der Waals surface area contributed by atoms with E-state index in [9.17, 15) is 68.4 Å². The maximum atomic E-state index is 13.2. The van der Waals surface area contributed by atoms with E-state index in [4.69, 9.17) is 0 Å². The molecule has 2 heterocycles. The van der Waals surface area contributed by atoms with Crippen LogP contribution in [0.2, 0.25) is 0 Å². The zero-order chi connectivity index (χ0) is 66.7. The summed E-state index contributed by atoms with van der Waals surface area (Å²) in [6, 6.07) is 11.4. The van der Waals surface area contributed by atoms with Gasteiger partial charge in [0.05, 0.1) is 0 Å². The van der Waals surface area contributed by atoms with E-state index in [1.54, 1.807) is 27.7 Å². The Morgan fingerprint density at radius 2 is 0.772 bits per heavy atom. The molecule has 10 aliphatic rings. The summed E-state index contributed by atoms with van der Waals surface area (Å²) < 4.78 is 0. The fourth-order valence-corrected chi connectivity index (χ4v) is 18.1. The number of likely N-dealkylation sites (N-methyl/N-ethyl adjacent to an activating group) is 2. The van der Waals surface area contributed by atoms with Crippen molar-refractivity contribution in [2.45, 2.75) is 141 Å². The van der Waals surface area contributed by atoms with E-state index in [1.165, 1.54) is 137 Å². The fourth-order valence-electron chi connectivity index (χ4n) is 16.9. The average molecular weight is 1320 g/mol. The Hall–Kier alpha value is -5.92. The number of ketones is 2. The minimum absolute atomic E-state index is 0.00408. The Morgan fingerprint density at radius 3 is 1.03 bits per heavy atom. The molecule has 4 atom stereocenters. The maximum absolute atomic E-state index is 13.2. The number of benzene rings is 2. The molecule has 8 bridgehead atoms. The van der Waals surface area contributed by atoms with Gasteiger partial charge in [-0.3, -0.25) is 28.8 Å². The molecule has 2 unspecified atom stereocenters. The zero-order valence-electron chi connectivity index (χ0n) is 54.6. The van der Waals surface area contributed by atoms with E-state index in [0.717, 1.165) is 98.8 Å². The van der Waals surface area contributed by atoms with Gasteiger partial charge in [-0.05, 0) is 164 Å². The van der Waals surface area contributed by atoms with Crippen molar-refractivity contribution in [3.05, 3.63) is 71.8 Å². The van der Waals surface area contributed by atoms with Gasteiger partial charge in [0.25, 0.3) is 11.2 Å². The Morgan fingerprint density at radius 1 is 0.489 bits per heavy atom. The van der Waals surface area contributed by atoms with Crippen LogP contribution in [0.1, 0.15) is 138 Å². The van der Waals surface area contributed by atoms with Gasteiger partial charge in [0, 0.05) is 115 Å². The van der Waals surface area contributed by atoms with E-state index in [2.05, 4.69) is 34.5 Å². The highest BCUT2D eigenvalue weighted by Crippen LogP contribution is 2.62. The highest BCUT2D eigenvalue weighted by molar-refractivity contribution is 8.13. The van der Waals surface area contributed by atoms with Crippen LogP contribution in [-0.4, -0.2) is 235 Å². The molecule has 2 aromatic rings. The number of aliphatic hydroxyl groups is 2. The van der Waals surface area contributed by atoms with E-state index in [1.807, 2.05) is 19.6 Å². The van der Waals surface area contributed by atoms with Crippen LogP contribution in [0.3, 0.4) is 0 Å². The normalized spacial score (nSPS) is 27.3. The van der Waals surface area contributed by atoms with Crippen molar-refractivity contribution in [2.75, 3.05) is 104 Å². The molecule has 6 N–H and O–H groups in total. The molecule has 24 heteroatoms. The second-order valence-corrected chi connectivity index (χ2v) is 30.6. The molecule has 6 amide bonds. The van der Waals surface area contributed by atoms with Crippen LogP contribution in [0.5, 0.6) is 0 Å². The quantitative estimate of drug-likeness (QED) is 0.0513. The van der Waals surface area contributed by atoms with Crippen molar-refractivity contribution in [1.29, 1.82) is 0 Å². The lowest BCUT2D eigenvalue weighted by Crippen LogP contribution is -2.71. The number of piperazine rings is 2. The van der Waals surface area contributed by atoms with Gasteiger partial charge in [0.1, 0.15) is 12.1 Å². The highest BCUT2D eigenvalue weighted by atomic mass is 32.2. The number of carbonyl (C=O) groups is 10. The predicted octanol–water partition coefficient (Wildman–Crippen LogP) is 6.48. The number of nitrogens with zero attached hydrogens (tertiary/aromatic N) is 6. The van der Waals surface area contributed by atoms with Gasteiger partial charge in [0.15, 0.2) is 10.2 Å². The third kappa shape index (κ3) is 17.7. The number of thioether (sulfide) groups is 2. The number of aliphatic carboxylic acids is 2. The largest absolute Gasteiger partial charge is 0.479 e. The molecule has 0 aromatic heterocycles. The molecular formula is C68H98N8O14S2. The summed E-state index contributed by atoms with van der Waals surface area (Å²) in [5, 5.41) is 46.0. The lowest BCUT2D eigenvalue weighted by atomic mass is 9.49. The third-order valence-corrected chi connectivity index (χ3v) is 22.6. The number of urea groups is 2. The number of nitrogens with one attached hydrogen (secondary N) is 2. The third-order valence-electron chi connectivity index (χ3n) is 21.0. The number of carboxylic acids is 2. The summed E-state index contributed by atoms with van der Waals surface area (Å²) in [5.74, 6) is -1.45. The second-order valence-electron chi connectivity index (χ2n) is 28.0. The molecule has 0 radical (unpaired) electrons. The Labute approximate surface area is 550 Å². The van der Waals surface area contributed by atoms with Gasteiger partial charge in [-0.2, -0.15) is 0 Å². The smallest absolute Gasteiger partial charge is 0.348 e. The maximum Gasteiger partial charge on any atom is 0.348 e. The average Bonchev–Trinajstić information content (AvgIpc) is 0.746. The van der Waals surface area contributed by atoms with E-state index in [-0.39, 0.29) is 34.1 Å². The molecule has 2 aliphatic heterocycles. The molecule has 10 fully saturated rings. The predicted molar refractivity (Wildman–Crippen MR) is 351 cm³/mol. The Balaban J connectivity index is 0.000000179.